The van der Waals surface area contributed by atoms with Gasteiger partial charge in [-0.05, 0) is 31.4 Å². The van der Waals surface area contributed by atoms with Crippen molar-refractivity contribution < 1.29 is 9.53 Å². The normalized spacial score (nSPS) is 10.2. The quantitative estimate of drug-likeness (QED) is 0.807. The Labute approximate surface area is 110 Å². The van der Waals surface area contributed by atoms with Crippen LogP contribution in [0, 0.1) is 6.92 Å². The standard InChI is InChI=1S/C15H23NO2/c1-4-5-6-15(17)16-10-9-13-11-12(2)7-8-14(13)18-3/h7-8,11H,4-6,9-10H2,1-3H3,(H,16,17). The van der Waals surface area contributed by atoms with Gasteiger partial charge in [0.1, 0.15) is 5.75 Å². The predicted molar refractivity (Wildman–Crippen MR) is 74.0 cm³/mol. The van der Waals surface area contributed by atoms with E-state index in [2.05, 4.69) is 25.2 Å². The molecule has 100 valence electrons. The van der Waals surface area contributed by atoms with Gasteiger partial charge in [0.2, 0.25) is 5.91 Å². The summed E-state index contributed by atoms with van der Waals surface area (Å²) in [5.74, 6) is 1.03. The topological polar surface area (TPSA) is 38.3 Å². The molecular formula is C15H23NO2. The number of ether oxygens (including phenoxy) is 1. The smallest absolute Gasteiger partial charge is 0.220 e. The van der Waals surface area contributed by atoms with Gasteiger partial charge in [-0.25, -0.2) is 0 Å². The minimum atomic E-state index is 0.142. The van der Waals surface area contributed by atoms with E-state index in [9.17, 15) is 4.79 Å². The molecule has 1 N–H and O–H groups in total. The molecule has 0 aliphatic heterocycles. The first kappa shape index (κ1) is 14.6. The van der Waals surface area contributed by atoms with Crippen molar-refractivity contribution in [1.82, 2.24) is 5.32 Å². The molecule has 18 heavy (non-hydrogen) atoms. The molecule has 1 aromatic rings. The Kier molecular flexibility index (Phi) is 6.26. The third kappa shape index (κ3) is 4.78. The van der Waals surface area contributed by atoms with Crippen molar-refractivity contribution in [2.45, 2.75) is 39.5 Å². The molecule has 0 bridgehead atoms. The lowest BCUT2D eigenvalue weighted by molar-refractivity contribution is -0.121. The van der Waals surface area contributed by atoms with Crippen molar-refractivity contribution in [3.8, 4) is 5.75 Å². The van der Waals surface area contributed by atoms with Gasteiger partial charge in [0.05, 0.1) is 7.11 Å². The van der Waals surface area contributed by atoms with E-state index >= 15 is 0 Å². The van der Waals surface area contributed by atoms with E-state index in [1.54, 1.807) is 7.11 Å². The fourth-order valence-electron chi connectivity index (χ4n) is 1.87. The summed E-state index contributed by atoms with van der Waals surface area (Å²) in [6.07, 6.45) is 3.45. The number of carbonyl (C=O) groups is 1. The number of methoxy groups -OCH3 is 1. The Morgan fingerprint density at radius 1 is 1.39 bits per heavy atom. The number of carbonyl (C=O) groups excluding carboxylic acids is 1. The number of hydrogen-bond donors (Lipinski definition) is 1. The van der Waals surface area contributed by atoms with Crippen molar-refractivity contribution in [3.63, 3.8) is 0 Å². The van der Waals surface area contributed by atoms with Crippen LogP contribution in [0.3, 0.4) is 0 Å². The van der Waals surface area contributed by atoms with E-state index in [0.29, 0.717) is 13.0 Å². The van der Waals surface area contributed by atoms with E-state index in [1.165, 1.54) is 5.56 Å². The summed E-state index contributed by atoms with van der Waals surface area (Å²) in [6, 6.07) is 6.11. The van der Waals surface area contributed by atoms with Crippen LogP contribution in [-0.2, 0) is 11.2 Å². The van der Waals surface area contributed by atoms with Crippen LogP contribution in [0.1, 0.15) is 37.3 Å². The van der Waals surface area contributed by atoms with Gasteiger partial charge in [-0.1, -0.05) is 31.0 Å². The SMILES string of the molecule is CCCCC(=O)NCCc1cc(C)ccc1OC. The number of nitrogens with one attached hydrogen (secondary N) is 1. The van der Waals surface area contributed by atoms with Crippen LogP contribution < -0.4 is 10.1 Å². The summed E-state index contributed by atoms with van der Waals surface area (Å²) in [5.41, 5.74) is 2.36. The van der Waals surface area contributed by atoms with Gasteiger partial charge in [0.25, 0.3) is 0 Å². The van der Waals surface area contributed by atoms with Gasteiger partial charge in [-0.15, -0.1) is 0 Å². The molecule has 0 saturated carbocycles. The van der Waals surface area contributed by atoms with Crippen molar-refractivity contribution in [3.05, 3.63) is 29.3 Å². The average Bonchev–Trinajstić information content (AvgIpc) is 2.36. The zero-order chi connectivity index (χ0) is 13.4. The van der Waals surface area contributed by atoms with Gasteiger partial charge >= 0.3 is 0 Å². The number of aryl methyl sites for hydroxylation is 1. The van der Waals surface area contributed by atoms with Crippen molar-refractivity contribution in [2.24, 2.45) is 0 Å². The lowest BCUT2D eigenvalue weighted by atomic mass is 10.1. The molecular weight excluding hydrogens is 226 g/mol. The highest BCUT2D eigenvalue weighted by Crippen LogP contribution is 2.19. The van der Waals surface area contributed by atoms with E-state index in [-0.39, 0.29) is 5.91 Å². The average molecular weight is 249 g/mol. The highest BCUT2D eigenvalue weighted by Gasteiger charge is 2.04. The van der Waals surface area contributed by atoms with Gasteiger partial charge in [-0.3, -0.25) is 4.79 Å². The van der Waals surface area contributed by atoms with Crippen molar-refractivity contribution in [2.75, 3.05) is 13.7 Å². The van der Waals surface area contributed by atoms with Gasteiger partial charge in [0, 0.05) is 13.0 Å². The van der Waals surface area contributed by atoms with Crippen LogP contribution in [0.25, 0.3) is 0 Å². The Balaban J connectivity index is 2.43. The third-order valence-corrected chi connectivity index (χ3v) is 2.91. The largest absolute Gasteiger partial charge is 0.496 e. The second-order valence-corrected chi connectivity index (χ2v) is 4.52. The van der Waals surface area contributed by atoms with E-state index < -0.39 is 0 Å². The molecule has 1 aromatic carbocycles. The summed E-state index contributed by atoms with van der Waals surface area (Å²) in [6.45, 7) is 4.82. The predicted octanol–water partition coefficient (Wildman–Crippen LogP) is 2.85. The minimum absolute atomic E-state index is 0.142. The molecule has 0 saturated heterocycles. The zero-order valence-corrected chi connectivity index (χ0v) is 11.6. The molecule has 0 fully saturated rings. The second-order valence-electron chi connectivity index (χ2n) is 4.52. The number of amides is 1. The van der Waals surface area contributed by atoms with Crippen LogP contribution in [0.2, 0.25) is 0 Å². The Hall–Kier alpha value is -1.51. The van der Waals surface area contributed by atoms with E-state index in [0.717, 1.165) is 30.6 Å². The van der Waals surface area contributed by atoms with Gasteiger partial charge in [0.15, 0.2) is 0 Å². The molecule has 0 aliphatic rings. The van der Waals surface area contributed by atoms with Crippen LogP contribution in [-0.4, -0.2) is 19.6 Å². The Bertz CT molecular complexity index is 388. The summed E-state index contributed by atoms with van der Waals surface area (Å²) in [7, 11) is 1.67. The fourth-order valence-corrected chi connectivity index (χ4v) is 1.87. The number of unbranched alkanes of at least 4 members (excludes halogenated alkanes) is 1. The first-order valence-corrected chi connectivity index (χ1v) is 6.57. The molecule has 3 nitrogen and oxygen atoms in total. The van der Waals surface area contributed by atoms with Crippen LogP contribution in [0.15, 0.2) is 18.2 Å². The van der Waals surface area contributed by atoms with E-state index in [4.69, 9.17) is 4.74 Å². The molecule has 0 radical (unpaired) electrons. The molecule has 3 heteroatoms. The number of rotatable bonds is 7. The maximum absolute atomic E-state index is 11.5. The molecule has 0 spiro atoms. The first-order chi connectivity index (χ1) is 8.67. The highest BCUT2D eigenvalue weighted by atomic mass is 16.5. The van der Waals surface area contributed by atoms with Crippen LogP contribution >= 0.6 is 0 Å². The molecule has 1 amide bonds. The molecule has 0 heterocycles. The van der Waals surface area contributed by atoms with Gasteiger partial charge in [-0.2, -0.15) is 0 Å². The summed E-state index contributed by atoms with van der Waals surface area (Å²) >= 11 is 0. The highest BCUT2D eigenvalue weighted by molar-refractivity contribution is 5.75. The van der Waals surface area contributed by atoms with Gasteiger partial charge < -0.3 is 10.1 Å². The second kappa shape index (κ2) is 7.75. The summed E-state index contributed by atoms with van der Waals surface area (Å²) in [4.78, 5) is 11.5. The Morgan fingerprint density at radius 3 is 2.83 bits per heavy atom. The third-order valence-electron chi connectivity index (χ3n) is 2.91. The maximum atomic E-state index is 11.5. The van der Waals surface area contributed by atoms with Crippen LogP contribution in [0.5, 0.6) is 5.75 Å². The van der Waals surface area contributed by atoms with E-state index in [1.807, 2.05) is 12.1 Å². The zero-order valence-electron chi connectivity index (χ0n) is 11.6. The number of benzene rings is 1. The van der Waals surface area contributed by atoms with Crippen molar-refractivity contribution in [1.29, 1.82) is 0 Å². The number of hydrogen-bond acceptors (Lipinski definition) is 2. The molecule has 0 aromatic heterocycles. The minimum Gasteiger partial charge on any atom is -0.496 e. The lowest BCUT2D eigenvalue weighted by Crippen LogP contribution is -2.25. The molecule has 0 unspecified atom stereocenters. The summed E-state index contributed by atoms with van der Waals surface area (Å²) in [5, 5.41) is 2.94. The van der Waals surface area contributed by atoms with Crippen LogP contribution in [0.4, 0.5) is 0 Å². The Morgan fingerprint density at radius 2 is 2.17 bits per heavy atom. The van der Waals surface area contributed by atoms with Crippen molar-refractivity contribution >= 4 is 5.91 Å². The molecule has 1 rings (SSSR count). The summed E-state index contributed by atoms with van der Waals surface area (Å²) < 4.78 is 5.31. The lowest BCUT2D eigenvalue weighted by Gasteiger charge is -2.10. The molecule has 0 atom stereocenters. The fraction of sp³-hybridized carbons (Fsp3) is 0.533. The monoisotopic (exact) mass is 249 g/mol. The molecule has 0 aliphatic carbocycles. The first-order valence-electron chi connectivity index (χ1n) is 6.57. The maximum Gasteiger partial charge on any atom is 0.220 e.